The van der Waals surface area contributed by atoms with Crippen molar-refractivity contribution in [2.45, 2.75) is 19.0 Å². The maximum Gasteiger partial charge on any atom is 0.326 e. The molecule has 3 amide bonds. The Bertz CT molecular complexity index is 881. The number of amides is 3. The van der Waals surface area contributed by atoms with Crippen molar-refractivity contribution in [2.24, 2.45) is 0 Å². The van der Waals surface area contributed by atoms with Gasteiger partial charge in [0.15, 0.2) is 0 Å². The average Bonchev–Trinajstić information content (AvgIpc) is 2.96. The molecule has 152 valence electrons. The Morgan fingerprint density at radius 2 is 1.55 bits per heavy atom. The Labute approximate surface area is 176 Å². The number of nitrogens with zero attached hydrogens (tertiary/aromatic N) is 3. The van der Waals surface area contributed by atoms with E-state index in [2.05, 4.69) is 15.1 Å². The number of piperazine rings is 1. The molecule has 2 aliphatic rings. The lowest BCUT2D eigenvalue weighted by Gasteiger charge is -2.36. The van der Waals surface area contributed by atoms with Crippen molar-refractivity contribution < 1.29 is 9.59 Å². The monoisotopic (exact) mass is 412 g/mol. The van der Waals surface area contributed by atoms with E-state index in [0.717, 1.165) is 43.3 Å². The van der Waals surface area contributed by atoms with Crippen LogP contribution in [0, 0.1) is 0 Å². The van der Waals surface area contributed by atoms with E-state index in [1.807, 2.05) is 54.6 Å². The number of imide groups is 1. The van der Waals surface area contributed by atoms with E-state index in [4.69, 9.17) is 11.6 Å². The second kappa shape index (κ2) is 8.14. The number of rotatable bonds is 5. The van der Waals surface area contributed by atoms with Crippen LogP contribution < -0.4 is 5.32 Å². The maximum atomic E-state index is 13.0. The number of benzene rings is 2. The van der Waals surface area contributed by atoms with Crippen molar-refractivity contribution in [1.82, 2.24) is 20.0 Å². The molecule has 0 bridgehead atoms. The van der Waals surface area contributed by atoms with E-state index in [1.54, 1.807) is 6.92 Å². The third-order valence-corrected chi connectivity index (χ3v) is 6.00. The van der Waals surface area contributed by atoms with Crippen molar-refractivity contribution in [2.75, 3.05) is 32.8 Å². The normalized spacial score (nSPS) is 23.4. The van der Waals surface area contributed by atoms with Gasteiger partial charge in [-0.1, -0.05) is 54.1 Å². The largest absolute Gasteiger partial charge is 0.326 e. The topological polar surface area (TPSA) is 55.9 Å². The van der Waals surface area contributed by atoms with Crippen molar-refractivity contribution in [3.63, 3.8) is 0 Å². The maximum absolute atomic E-state index is 13.0. The molecule has 0 radical (unpaired) electrons. The third-order valence-electron chi connectivity index (χ3n) is 5.75. The number of carbonyl (C=O) groups excluding carboxylic acids is 2. The van der Waals surface area contributed by atoms with Gasteiger partial charge >= 0.3 is 6.03 Å². The SMILES string of the molecule is C[C@]1(c2ccccc2)NC(=O)N(CN2CCN(Cc3ccc(Cl)cc3)CC2)C1=O. The average molecular weight is 413 g/mol. The highest BCUT2D eigenvalue weighted by molar-refractivity contribution is 6.30. The van der Waals surface area contributed by atoms with Crippen LogP contribution in [0.5, 0.6) is 0 Å². The van der Waals surface area contributed by atoms with E-state index < -0.39 is 5.54 Å². The summed E-state index contributed by atoms with van der Waals surface area (Å²) in [6.07, 6.45) is 0. The summed E-state index contributed by atoms with van der Waals surface area (Å²) >= 11 is 5.95. The minimum absolute atomic E-state index is 0.197. The number of halogens is 1. The fourth-order valence-electron chi connectivity index (χ4n) is 3.93. The van der Waals surface area contributed by atoms with Gasteiger partial charge < -0.3 is 5.32 Å². The molecule has 29 heavy (non-hydrogen) atoms. The molecule has 2 aromatic rings. The Morgan fingerprint density at radius 1 is 0.931 bits per heavy atom. The molecular formula is C22H25ClN4O2. The van der Waals surface area contributed by atoms with Crippen LogP contribution >= 0.6 is 11.6 Å². The van der Waals surface area contributed by atoms with Crippen LogP contribution in [0.15, 0.2) is 54.6 Å². The predicted molar refractivity (Wildman–Crippen MR) is 112 cm³/mol. The summed E-state index contributed by atoms with van der Waals surface area (Å²) in [5, 5.41) is 3.62. The zero-order chi connectivity index (χ0) is 20.4. The molecular weight excluding hydrogens is 388 g/mol. The van der Waals surface area contributed by atoms with E-state index in [-0.39, 0.29) is 11.9 Å². The molecule has 0 unspecified atom stereocenters. The van der Waals surface area contributed by atoms with Gasteiger partial charge in [0.1, 0.15) is 5.54 Å². The zero-order valence-electron chi connectivity index (χ0n) is 16.5. The fraction of sp³-hybridized carbons (Fsp3) is 0.364. The number of urea groups is 1. The van der Waals surface area contributed by atoms with Gasteiger partial charge in [0.05, 0.1) is 6.67 Å². The zero-order valence-corrected chi connectivity index (χ0v) is 17.2. The van der Waals surface area contributed by atoms with Gasteiger partial charge in [-0.15, -0.1) is 0 Å². The Balaban J connectivity index is 1.34. The van der Waals surface area contributed by atoms with Crippen LogP contribution in [0.1, 0.15) is 18.1 Å². The molecule has 2 heterocycles. The summed E-state index contributed by atoms with van der Waals surface area (Å²) < 4.78 is 0. The lowest BCUT2D eigenvalue weighted by molar-refractivity contribution is -0.132. The van der Waals surface area contributed by atoms with Crippen LogP contribution in [0.25, 0.3) is 0 Å². The predicted octanol–water partition coefficient (Wildman–Crippen LogP) is 2.88. The number of hydrogen-bond acceptors (Lipinski definition) is 4. The molecule has 1 N–H and O–H groups in total. The molecule has 0 spiro atoms. The van der Waals surface area contributed by atoms with E-state index in [0.29, 0.717) is 6.67 Å². The molecule has 2 aromatic carbocycles. The van der Waals surface area contributed by atoms with Crippen molar-refractivity contribution in [3.8, 4) is 0 Å². The number of hydrogen-bond donors (Lipinski definition) is 1. The van der Waals surface area contributed by atoms with Gasteiger partial charge in [0, 0.05) is 37.7 Å². The minimum atomic E-state index is -1.01. The molecule has 2 aliphatic heterocycles. The molecule has 2 saturated heterocycles. The lowest BCUT2D eigenvalue weighted by atomic mass is 9.92. The number of nitrogens with one attached hydrogen (secondary N) is 1. The minimum Gasteiger partial charge on any atom is -0.319 e. The first-order chi connectivity index (χ1) is 14.0. The van der Waals surface area contributed by atoms with Crippen LogP contribution in [-0.2, 0) is 16.9 Å². The molecule has 1 atom stereocenters. The Hall–Kier alpha value is -2.41. The van der Waals surface area contributed by atoms with E-state index >= 15 is 0 Å². The molecule has 6 nitrogen and oxygen atoms in total. The van der Waals surface area contributed by atoms with Crippen molar-refractivity contribution in [3.05, 3.63) is 70.7 Å². The summed E-state index contributed by atoms with van der Waals surface area (Å²) in [7, 11) is 0. The first-order valence-corrected chi connectivity index (χ1v) is 10.2. The van der Waals surface area contributed by atoms with Gasteiger partial charge in [-0.2, -0.15) is 0 Å². The quantitative estimate of drug-likeness (QED) is 0.767. The summed E-state index contributed by atoms with van der Waals surface area (Å²) in [6.45, 7) is 6.37. The molecule has 0 saturated carbocycles. The summed E-state index contributed by atoms with van der Waals surface area (Å²) in [5.41, 5.74) is 1.03. The summed E-state index contributed by atoms with van der Waals surface area (Å²) in [5.74, 6) is -0.197. The highest BCUT2D eigenvalue weighted by atomic mass is 35.5. The first kappa shape index (κ1) is 19.9. The molecule has 2 fully saturated rings. The van der Waals surface area contributed by atoms with Crippen molar-refractivity contribution in [1.29, 1.82) is 0 Å². The molecule has 7 heteroatoms. The van der Waals surface area contributed by atoms with Gasteiger partial charge in [-0.25, -0.2) is 9.69 Å². The second-order valence-corrected chi connectivity index (χ2v) is 8.25. The molecule has 4 rings (SSSR count). The van der Waals surface area contributed by atoms with Crippen LogP contribution in [0.4, 0.5) is 4.79 Å². The fourth-order valence-corrected chi connectivity index (χ4v) is 4.06. The van der Waals surface area contributed by atoms with Crippen LogP contribution in [-0.4, -0.2) is 59.5 Å². The van der Waals surface area contributed by atoms with E-state index in [1.165, 1.54) is 10.5 Å². The Morgan fingerprint density at radius 3 is 2.21 bits per heavy atom. The lowest BCUT2D eigenvalue weighted by Crippen LogP contribution is -2.51. The highest BCUT2D eigenvalue weighted by Crippen LogP contribution is 2.28. The van der Waals surface area contributed by atoms with Gasteiger partial charge in [-0.3, -0.25) is 14.6 Å². The van der Waals surface area contributed by atoms with Crippen molar-refractivity contribution >= 4 is 23.5 Å². The van der Waals surface area contributed by atoms with Crippen LogP contribution in [0.2, 0.25) is 5.02 Å². The summed E-state index contributed by atoms with van der Waals surface area (Å²) in [6, 6.07) is 17.0. The number of carbonyl (C=O) groups is 2. The molecule has 0 aliphatic carbocycles. The van der Waals surface area contributed by atoms with Gasteiger partial charge in [0.2, 0.25) is 0 Å². The van der Waals surface area contributed by atoms with E-state index in [9.17, 15) is 9.59 Å². The van der Waals surface area contributed by atoms with Crippen LogP contribution in [0.3, 0.4) is 0 Å². The first-order valence-electron chi connectivity index (χ1n) is 9.84. The van der Waals surface area contributed by atoms with Gasteiger partial charge in [0.25, 0.3) is 5.91 Å². The third kappa shape index (κ3) is 4.15. The smallest absolute Gasteiger partial charge is 0.319 e. The highest BCUT2D eigenvalue weighted by Gasteiger charge is 2.49. The Kier molecular flexibility index (Phi) is 5.58. The molecule has 0 aromatic heterocycles. The second-order valence-electron chi connectivity index (χ2n) is 7.82. The standard InChI is InChI=1S/C22H25ClN4O2/c1-22(18-5-3-2-4-6-18)20(28)27(21(29)24-22)16-26-13-11-25(12-14-26)15-17-7-9-19(23)10-8-17/h2-10H,11-16H2,1H3,(H,24,29)/t22-/m1/s1. The summed E-state index contributed by atoms with van der Waals surface area (Å²) in [4.78, 5) is 31.4. The van der Waals surface area contributed by atoms with Gasteiger partial charge in [-0.05, 0) is 30.2 Å².